The maximum absolute atomic E-state index is 14.5. The van der Waals surface area contributed by atoms with Gasteiger partial charge in [0.2, 0.25) is 11.8 Å². The van der Waals surface area contributed by atoms with Crippen molar-refractivity contribution in [1.29, 1.82) is 0 Å². The molecule has 1 aromatic heterocycles. The second-order valence-corrected chi connectivity index (χ2v) is 9.46. The van der Waals surface area contributed by atoms with Crippen molar-refractivity contribution < 1.29 is 27.4 Å². The lowest BCUT2D eigenvalue weighted by atomic mass is 9.88. The van der Waals surface area contributed by atoms with Gasteiger partial charge in [0.05, 0.1) is 25.0 Å². The Morgan fingerprint density at radius 2 is 1.94 bits per heavy atom. The number of hydrogen-bond acceptors (Lipinski definition) is 6. The fourth-order valence-corrected chi connectivity index (χ4v) is 4.59. The summed E-state index contributed by atoms with van der Waals surface area (Å²) in [6.07, 6.45) is 1.23. The highest BCUT2D eigenvalue weighted by Crippen LogP contribution is 2.33. The van der Waals surface area contributed by atoms with E-state index in [1.165, 1.54) is 43.6 Å². The molecule has 1 heterocycles. The van der Waals surface area contributed by atoms with Gasteiger partial charge in [-0.25, -0.2) is 22.5 Å². The van der Waals surface area contributed by atoms with Crippen LogP contribution in [0.2, 0.25) is 0 Å². The predicted octanol–water partition coefficient (Wildman–Crippen LogP) is 3.56. The summed E-state index contributed by atoms with van der Waals surface area (Å²) in [4.78, 5) is 16.8. The number of aromatic nitrogens is 1. The van der Waals surface area contributed by atoms with Crippen molar-refractivity contribution in [3.05, 3.63) is 77.2 Å². The number of nitrogens with one attached hydrogen (secondary N) is 1. The summed E-state index contributed by atoms with van der Waals surface area (Å²) in [5.41, 5.74) is 2.55. The molecular weight excluding hydrogens is 447 g/mol. The van der Waals surface area contributed by atoms with Gasteiger partial charge < -0.3 is 9.84 Å². The first kappa shape index (κ1) is 24.3. The molecule has 33 heavy (non-hydrogen) atoms. The van der Waals surface area contributed by atoms with E-state index >= 15 is 0 Å². The Hall–Kier alpha value is -3.30. The van der Waals surface area contributed by atoms with E-state index in [1.807, 2.05) is 13.8 Å². The molecule has 0 atom stereocenters. The topological polar surface area (TPSA) is 106 Å². The van der Waals surface area contributed by atoms with Crippen molar-refractivity contribution in [1.82, 2.24) is 9.71 Å². The Labute approximate surface area is 192 Å². The molecular formula is C24H25FN2O5S. The van der Waals surface area contributed by atoms with Crippen LogP contribution in [0, 0.1) is 5.82 Å². The number of aliphatic hydroxyl groups is 1. The largest absolute Gasteiger partial charge is 0.481 e. The van der Waals surface area contributed by atoms with Gasteiger partial charge in [0, 0.05) is 12.3 Å². The number of rotatable bonds is 8. The van der Waals surface area contributed by atoms with Crippen molar-refractivity contribution in [2.45, 2.75) is 37.7 Å². The van der Waals surface area contributed by atoms with Crippen LogP contribution in [0.15, 0.2) is 59.6 Å². The van der Waals surface area contributed by atoms with E-state index in [4.69, 9.17) is 4.74 Å². The van der Waals surface area contributed by atoms with E-state index < -0.39 is 21.7 Å². The molecule has 9 heteroatoms. The van der Waals surface area contributed by atoms with E-state index in [1.54, 1.807) is 18.2 Å². The fourth-order valence-electron chi connectivity index (χ4n) is 3.53. The SMILES string of the molecule is COc1cc(-c2cc(F)cc(C(C)C)c2CC(=O)NS(=O)(=O)c2cccc(CO)c2)ccn1. The Bertz CT molecular complexity index is 1280. The van der Waals surface area contributed by atoms with Crippen LogP contribution in [0.3, 0.4) is 0 Å². The summed E-state index contributed by atoms with van der Waals surface area (Å²) in [6.45, 7) is 3.40. The number of aliphatic hydroxyl groups excluding tert-OH is 1. The normalized spacial score (nSPS) is 11.5. The Morgan fingerprint density at radius 3 is 2.61 bits per heavy atom. The summed E-state index contributed by atoms with van der Waals surface area (Å²) in [5, 5.41) is 9.26. The molecule has 2 aromatic carbocycles. The van der Waals surface area contributed by atoms with Crippen molar-refractivity contribution in [3.8, 4) is 17.0 Å². The zero-order valence-electron chi connectivity index (χ0n) is 18.5. The van der Waals surface area contributed by atoms with Crippen LogP contribution in [0.25, 0.3) is 11.1 Å². The van der Waals surface area contributed by atoms with Crippen LogP contribution in [-0.2, 0) is 27.8 Å². The Kier molecular flexibility index (Phi) is 7.45. The van der Waals surface area contributed by atoms with Crippen molar-refractivity contribution in [2.24, 2.45) is 0 Å². The van der Waals surface area contributed by atoms with Gasteiger partial charge in [-0.1, -0.05) is 26.0 Å². The number of carbonyl (C=O) groups excluding carboxylic acids is 1. The molecule has 0 unspecified atom stereocenters. The maximum Gasteiger partial charge on any atom is 0.264 e. The highest BCUT2D eigenvalue weighted by molar-refractivity contribution is 7.90. The number of carbonyl (C=O) groups is 1. The van der Waals surface area contributed by atoms with Gasteiger partial charge >= 0.3 is 0 Å². The minimum Gasteiger partial charge on any atom is -0.481 e. The van der Waals surface area contributed by atoms with Crippen LogP contribution in [0.1, 0.15) is 36.5 Å². The second kappa shape index (κ2) is 10.1. The smallest absolute Gasteiger partial charge is 0.264 e. The van der Waals surface area contributed by atoms with Gasteiger partial charge in [-0.15, -0.1) is 0 Å². The lowest BCUT2D eigenvalue weighted by Gasteiger charge is -2.18. The summed E-state index contributed by atoms with van der Waals surface area (Å²) in [5.74, 6) is -1.03. The van der Waals surface area contributed by atoms with Crippen molar-refractivity contribution in [2.75, 3.05) is 7.11 Å². The molecule has 7 nitrogen and oxygen atoms in total. The average Bonchev–Trinajstić information content (AvgIpc) is 2.79. The highest BCUT2D eigenvalue weighted by Gasteiger charge is 2.22. The van der Waals surface area contributed by atoms with Crippen LogP contribution >= 0.6 is 0 Å². The van der Waals surface area contributed by atoms with E-state index in [-0.39, 0.29) is 23.8 Å². The fraction of sp³-hybridized carbons (Fsp3) is 0.250. The summed E-state index contributed by atoms with van der Waals surface area (Å²) in [6, 6.07) is 11.6. The number of methoxy groups -OCH3 is 1. The molecule has 0 aliphatic rings. The average molecular weight is 473 g/mol. The molecule has 0 aliphatic carbocycles. The molecule has 3 aromatic rings. The first-order valence-corrected chi connectivity index (χ1v) is 11.7. The van der Waals surface area contributed by atoms with Crippen LogP contribution < -0.4 is 9.46 Å². The van der Waals surface area contributed by atoms with Gasteiger partial charge in [0.1, 0.15) is 5.82 Å². The van der Waals surface area contributed by atoms with Gasteiger partial charge in [-0.3, -0.25) is 4.79 Å². The number of halogens is 1. The van der Waals surface area contributed by atoms with E-state index in [2.05, 4.69) is 9.71 Å². The second-order valence-electron chi connectivity index (χ2n) is 7.77. The molecule has 0 aliphatic heterocycles. The molecule has 0 spiro atoms. The predicted molar refractivity (Wildman–Crippen MR) is 122 cm³/mol. The van der Waals surface area contributed by atoms with E-state index in [9.17, 15) is 22.7 Å². The van der Waals surface area contributed by atoms with Crippen molar-refractivity contribution >= 4 is 15.9 Å². The first-order chi connectivity index (χ1) is 15.6. The molecule has 1 amide bonds. The number of benzene rings is 2. The molecule has 174 valence electrons. The maximum atomic E-state index is 14.5. The molecule has 0 bridgehead atoms. The lowest BCUT2D eigenvalue weighted by molar-refractivity contribution is -0.118. The minimum absolute atomic E-state index is 0.121. The van der Waals surface area contributed by atoms with Crippen molar-refractivity contribution in [3.63, 3.8) is 0 Å². The van der Waals surface area contributed by atoms with Gasteiger partial charge in [0.15, 0.2) is 0 Å². The minimum atomic E-state index is -4.16. The van der Waals surface area contributed by atoms with E-state index in [0.29, 0.717) is 33.7 Å². The number of pyridine rings is 1. The van der Waals surface area contributed by atoms with Crippen LogP contribution in [0.4, 0.5) is 4.39 Å². The zero-order valence-corrected chi connectivity index (χ0v) is 19.3. The summed E-state index contributed by atoms with van der Waals surface area (Å²) in [7, 11) is -2.70. The molecule has 0 saturated heterocycles. The highest BCUT2D eigenvalue weighted by atomic mass is 32.2. The third-order valence-electron chi connectivity index (χ3n) is 5.10. The van der Waals surface area contributed by atoms with Gasteiger partial charge in [-0.2, -0.15) is 0 Å². The number of hydrogen-bond donors (Lipinski definition) is 2. The molecule has 0 saturated carbocycles. The molecule has 0 radical (unpaired) electrons. The van der Waals surface area contributed by atoms with Crippen LogP contribution in [-0.4, -0.2) is 31.5 Å². The quantitative estimate of drug-likeness (QED) is 0.519. The summed E-state index contributed by atoms with van der Waals surface area (Å²) < 4.78 is 47.1. The molecule has 0 fully saturated rings. The number of amides is 1. The van der Waals surface area contributed by atoms with E-state index in [0.717, 1.165) is 0 Å². The number of sulfonamides is 1. The van der Waals surface area contributed by atoms with Gasteiger partial charge in [-0.05, 0) is 64.1 Å². The van der Waals surface area contributed by atoms with Crippen LogP contribution in [0.5, 0.6) is 5.88 Å². The third-order valence-corrected chi connectivity index (χ3v) is 6.47. The molecule has 3 rings (SSSR count). The third kappa shape index (κ3) is 5.74. The number of ether oxygens (including phenoxy) is 1. The monoisotopic (exact) mass is 472 g/mol. The Morgan fingerprint density at radius 1 is 1.18 bits per heavy atom. The van der Waals surface area contributed by atoms with Gasteiger partial charge in [0.25, 0.3) is 10.0 Å². The Balaban J connectivity index is 2.00. The first-order valence-electron chi connectivity index (χ1n) is 10.2. The lowest BCUT2D eigenvalue weighted by Crippen LogP contribution is -2.32. The molecule has 2 N–H and O–H groups in total. The summed E-state index contributed by atoms with van der Waals surface area (Å²) >= 11 is 0. The number of nitrogens with zero attached hydrogens (tertiary/aromatic N) is 1. The zero-order chi connectivity index (χ0) is 24.2. The standard InChI is InChI=1S/C24H25FN2O5S/c1-15(2)20-11-18(25)12-21(17-7-8-26-24(10-17)32-3)22(20)13-23(29)27-33(30,31)19-6-4-5-16(9-19)14-28/h4-12,15,28H,13-14H2,1-3H3,(H,27,29).